The lowest BCUT2D eigenvalue weighted by molar-refractivity contribution is 0.0952. The molecule has 0 radical (unpaired) electrons. The summed E-state index contributed by atoms with van der Waals surface area (Å²) < 4.78 is 3.74. The molecule has 0 spiro atoms. The summed E-state index contributed by atoms with van der Waals surface area (Å²) in [6.07, 6.45) is 5.48. The van der Waals surface area contributed by atoms with Crippen LogP contribution in [-0.4, -0.2) is 30.2 Å². The van der Waals surface area contributed by atoms with Gasteiger partial charge in [-0.25, -0.2) is 9.97 Å². The van der Waals surface area contributed by atoms with Crippen molar-refractivity contribution in [2.45, 2.75) is 20.0 Å². The van der Waals surface area contributed by atoms with E-state index in [0.29, 0.717) is 24.3 Å². The molecule has 0 aliphatic heterocycles. The number of fused-ring (bicyclic) bond motifs is 1. The van der Waals surface area contributed by atoms with Gasteiger partial charge in [-0.2, -0.15) is 5.10 Å². The number of benzene rings is 2. The molecule has 1 amide bonds. The Balaban J connectivity index is 1.47. The average molecular weight is 437 g/mol. The van der Waals surface area contributed by atoms with E-state index in [-0.39, 0.29) is 5.91 Å². The summed E-state index contributed by atoms with van der Waals surface area (Å²) in [6.45, 7) is 3.03. The van der Waals surface area contributed by atoms with Gasteiger partial charge in [-0.3, -0.25) is 9.48 Å². The molecule has 1 N–H and O–H groups in total. The van der Waals surface area contributed by atoms with Gasteiger partial charge in [0.2, 0.25) is 0 Å². The van der Waals surface area contributed by atoms with Gasteiger partial charge in [-0.05, 0) is 24.1 Å². The van der Waals surface area contributed by atoms with E-state index in [1.807, 2.05) is 79.3 Å². The lowest BCUT2D eigenvalue weighted by Gasteiger charge is -2.13. The number of hydrogen-bond donors (Lipinski definition) is 1. The molecule has 5 aromatic rings. The van der Waals surface area contributed by atoms with Crippen LogP contribution in [0.1, 0.15) is 27.2 Å². The molecule has 164 valence electrons. The molecule has 0 saturated carbocycles. The van der Waals surface area contributed by atoms with Crippen molar-refractivity contribution in [2.24, 2.45) is 7.05 Å². The van der Waals surface area contributed by atoms with Gasteiger partial charge in [-0.1, -0.05) is 54.6 Å². The summed E-state index contributed by atoms with van der Waals surface area (Å²) in [7, 11) is 1.85. The van der Waals surface area contributed by atoms with Crippen molar-refractivity contribution in [1.82, 2.24) is 29.6 Å². The highest BCUT2D eigenvalue weighted by Crippen LogP contribution is 2.27. The van der Waals surface area contributed by atoms with Crippen molar-refractivity contribution in [3.05, 3.63) is 102 Å². The molecule has 0 bridgehead atoms. The maximum atomic E-state index is 13.4. The van der Waals surface area contributed by atoms with Crippen molar-refractivity contribution >= 4 is 16.9 Å². The van der Waals surface area contributed by atoms with E-state index in [2.05, 4.69) is 21.5 Å². The van der Waals surface area contributed by atoms with Crippen molar-refractivity contribution in [1.29, 1.82) is 0 Å². The van der Waals surface area contributed by atoms with Crippen molar-refractivity contribution in [2.75, 3.05) is 0 Å². The van der Waals surface area contributed by atoms with Crippen molar-refractivity contribution in [3.8, 4) is 11.3 Å². The standard InChI is InChI=1S/C26H24N6O/c1-18-24-22(14-23(19-8-4-3-5-9-19)29-25(24)31(2)30-18)26(33)28-15-20-10-6-7-11-21(20)16-32-13-12-27-17-32/h3-14,17H,15-16H2,1-2H3,(H,28,33). The van der Waals surface area contributed by atoms with Crippen LogP contribution in [0, 0.1) is 6.92 Å². The third-order valence-corrected chi connectivity index (χ3v) is 5.75. The van der Waals surface area contributed by atoms with Gasteiger partial charge in [-0.15, -0.1) is 0 Å². The Morgan fingerprint density at radius 1 is 1.03 bits per heavy atom. The van der Waals surface area contributed by atoms with E-state index in [0.717, 1.165) is 33.5 Å². The molecule has 5 rings (SSSR count). The van der Waals surface area contributed by atoms with Crippen LogP contribution in [0.5, 0.6) is 0 Å². The number of nitrogens with zero attached hydrogens (tertiary/aromatic N) is 5. The zero-order chi connectivity index (χ0) is 22.8. The Labute approximate surface area is 191 Å². The monoisotopic (exact) mass is 436 g/mol. The van der Waals surface area contributed by atoms with Gasteiger partial charge >= 0.3 is 0 Å². The van der Waals surface area contributed by atoms with Gasteiger partial charge in [0.1, 0.15) is 0 Å². The Morgan fingerprint density at radius 2 is 1.79 bits per heavy atom. The zero-order valence-corrected chi connectivity index (χ0v) is 18.6. The number of nitrogens with one attached hydrogen (secondary N) is 1. The highest BCUT2D eigenvalue weighted by molar-refractivity contribution is 6.07. The van der Waals surface area contributed by atoms with Crippen LogP contribution in [-0.2, 0) is 20.1 Å². The second kappa shape index (κ2) is 8.70. The smallest absolute Gasteiger partial charge is 0.252 e. The Morgan fingerprint density at radius 3 is 2.55 bits per heavy atom. The Bertz CT molecular complexity index is 1420. The molecule has 0 fully saturated rings. The highest BCUT2D eigenvalue weighted by atomic mass is 16.1. The predicted octanol–water partition coefficient (Wildman–Crippen LogP) is 4.12. The fourth-order valence-electron chi connectivity index (χ4n) is 4.11. The fourth-order valence-corrected chi connectivity index (χ4v) is 4.11. The van der Waals surface area contributed by atoms with Gasteiger partial charge in [0.25, 0.3) is 5.91 Å². The molecule has 7 nitrogen and oxygen atoms in total. The minimum Gasteiger partial charge on any atom is -0.348 e. The lowest BCUT2D eigenvalue weighted by Crippen LogP contribution is -2.24. The minimum absolute atomic E-state index is 0.145. The normalized spacial score (nSPS) is 11.1. The number of imidazole rings is 1. The Hall–Kier alpha value is -4.26. The van der Waals surface area contributed by atoms with E-state index in [9.17, 15) is 4.79 Å². The summed E-state index contributed by atoms with van der Waals surface area (Å²) in [5.41, 5.74) is 5.96. The van der Waals surface area contributed by atoms with E-state index >= 15 is 0 Å². The van der Waals surface area contributed by atoms with Gasteiger partial charge in [0.15, 0.2) is 5.65 Å². The van der Waals surface area contributed by atoms with E-state index in [1.54, 1.807) is 17.2 Å². The third kappa shape index (κ3) is 4.13. The van der Waals surface area contributed by atoms with Gasteiger partial charge < -0.3 is 9.88 Å². The van der Waals surface area contributed by atoms with Crippen LogP contribution in [0.15, 0.2) is 79.4 Å². The molecule has 0 saturated heterocycles. The fraction of sp³-hybridized carbons (Fsp3) is 0.154. The molecule has 2 aromatic carbocycles. The summed E-state index contributed by atoms with van der Waals surface area (Å²) in [5.74, 6) is -0.145. The van der Waals surface area contributed by atoms with Crippen LogP contribution >= 0.6 is 0 Å². The third-order valence-electron chi connectivity index (χ3n) is 5.75. The first kappa shape index (κ1) is 20.6. The van der Waals surface area contributed by atoms with Crippen molar-refractivity contribution in [3.63, 3.8) is 0 Å². The molecule has 3 aromatic heterocycles. The summed E-state index contributed by atoms with van der Waals surface area (Å²) in [5, 5.41) is 8.40. The molecular formula is C26H24N6O. The molecule has 0 aliphatic rings. The Kier molecular flexibility index (Phi) is 5.44. The zero-order valence-electron chi connectivity index (χ0n) is 18.6. The highest BCUT2D eigenvalue weighted by Gasteiger charge is 2.19. The van der Waals surface area contributed by atoms with Crippen LogP contribution in [0.4, 0.5) is 0 Å². The molecular weight excluding hydrogens is 412 g/mol. The second-order valence-electron chi connectivity index (χ2n) is 8.02. The molecule has 0 aliphatic carbocycles. The van der Waals surface area contributed by atoms with Crippen LogP contribution < -0.4 is 5.32 Å². The lowest BCUT2D eigenvalue weighted by atomic mass is 10.0. The van der Waals surface area contributed by atoms with Crippen LogP contribution in [0.3, 0.4) is 0 Å². The molecule has 3 heterocycles. The first-order valence-corrected chi connectivity index (χ1v) is 10.8. The number of rotatable bonds is 6. The first-order valence-electron chi connectivity index (χ1n) is 10.8. The number of hydrogen-bond acceptors (Lipinski definition) is 4. The molecule has 0 atom stereocenters. The van der Waals surface area contributed by atoms with Gasteiger partial charge in [0, 0.05) is 38.1 Å². The number of carbonyl (C=O) groups excluding carboxylic acids is 1. The molecule has 0 unspecified atom stereocenters. The number of amides is 1. The van der Waals surface area contributed by atoms with E-state index < -0.39 is 0 Å². The molecule has 33 heavy (non-hydrogen) atoms. The summed E-state index contributed by atoms with van der Waals surface area (Å²) >= 11 is 0. The van der Waals surface area contributed by atoms with Crippen LogP contribution in [0.25, 0.3) is 22.3 Å². The molecule has 7 heteroatoms. The number of aryl methyl sites for hydroxylation is 2. The second-order valence-corrected chi connectivity index (χ2v) is 8.02. The predicted molar refractivity (Wildman–Crippen MR) is 128 cm³/mol. The van der Waals surface area contributed by atoms with Crippen LogP contribution in [0.2, 0.25) is 0 Å². The first-order chi connectivity index (χ1) is 16.1. The maximum Gasteiger partial charge on any atom is 0.252 e. The summed E-state index contributed by atoms with van der Waals surface area (Å²) in [4.78, 5) is 22.3. The number of aromatic nitrogens is 5. The maximum absolute atomic E-state index is 13.4. The minimum atomic E-state index is -0.145. The summed E-state index contributed by atoms with van der Waals surface area (Å²) in [6, 6.07) is 19.8. The SMILES string of the molecule is Cc1nn(C)c2nc(-c3ccccc3)cc(C(=O)NCc3ccccc3Cn3ccnc3)c12. The number of pyridine rings is 1. The largest absolute Gasteiger partial charge is 0.348 e. The van der Waals surface area contributed by atoms with E-state index in [1.165, 1.54) is 0 Å². The van der Waals surface area contributed by atoms with E-state index in [4.69, 9.17) is 4.98 Å². The van der Waals surface area contributed by atoms with Crippen molar-refractivity contribution < 1.29 is 4.79 Å². The van der Waals surface area contributed by atoms with Gasteiger partial charge in [0.05, 0.1) is 28.7 Å². The number of carbonyl (C=O) groups is 1. The average Bonchev–Trinajstić information content (AvgIpc) is 3.46. The quantitative estimate of drug-likeness (QED) is 0.434. The topological polar surface area (TPSA) is 77.6 Å².